The highest BCUT2D eigenvalue weighted by Gasteiger charge is 2.36. The molecule has 1 heterocycles. The second-order valence-electron chi connectivity index (χ2n) is 6.31. The molecule has 0 spiro atoms. The monoisotopic (exact) mass is 422 g/mol. The van der Waals surface area contributed by atoms with Gasteiger partial charge in [-0.1, -0.05) is 23.2 Å². The summed E-state index contributed by atoms with van der Waals surface area (Å²) >= 11 is 11.9. The number of carbonyl (C=O) groups is 2. The van der Waals surface area contributed by atoms with Gasteiger partial charge < -0.3 is 19.3 Å². The minimum absolute atomic E-state index is 0.153. The van der Waals surface area contributed by atoms with Crippen LogP contribution in [-0.4, -0.2) is 49.6 Å². The van der Waals surface area contributed by atoms with E-state index in [0.717, 1.165) is 0 Å². The number of rotatable bonds is 5. The van der Waals surface area contributed by atoms with Gasteiger partial charge in [-0.3, -0.25) is 9.59 Å². The van der Waals surface area contributed by atoms with Crippen molar-refractivity contribution in [1.29, 1.82) is 0 Å². The molecule has 2 amide bonds. The van der Waals surface area contributed by atoms with Crippen LogP contribution in [0, 0.1) is 0 Å². The lowest BCUT2D eigenvalue weighted by Crippen LogP contribution is -2.58. The summed E-state index contributed by atoms with van der Waals surface area (Å²) in [5, 5.41) is 1.09. The number of halogens is 2. The largest absolute Gasteiger partial charge is 0.495 e. The van der Waals surface area contributed by atoms with E-state index in [1.807, 2.05) is 0 Å². The van der Waals surface area contributed by atoms with E-state index in [2.05, 4.69) is 0 Å². The zero-order chi connectivity index (χ0) is 20.3. The van der Waals surface area contributed by atoms with Crippen molar-refractivity contribution in [2.75, 3.05) is 31.7 Å². The summed E-state index contributed by atoms with van der Waals surface area (Å²) in [5.74, 6) is 0.634. The van der Waals surface area contributed by atoms with E-state index in [-0.39, 0.29) is 18.4 Å². The Kier molecular flexibility index (Phi) is 6.31. The first-order valence-corrected chi connectivity index (χ1v) is 9.49. The van der Waals surface area contributed by atoms with Crippen LogP contribution in [0.25, 0.3) is 0 Å². The molecule has 3 rings (SSSR count). The molecule has 1 aliphatic rings. The van der Waals surface area contributed by atoms with Crippen LogP contribution in [0.3, 0.4) is 0 Å². The summed E-state index contributed by atoms with van der Waals surface area (Å²) in [6, 6.07) is 11.2. The molecule has 1 aliphatic heterocycles. The normalized spacial score (nSPS) is 16.9. The third-order valence-electron chi connectivity index (χ3n) is 4.58. The Bertz CT molecular complexity index is 873. The molecule has 1 saturated heterocycles. The minimum Gasteiger partial charge on any atom is -0.495 e. The van der Waals surface area contributed by atoms with Gasteiger partial charge in [0.2, 0.25) is 5.91 Å². The van der Waals surface area contributed by atoms with Crippen molar-refractivity contribution in [1.82, 2.24) is 4.90 Å². The predicted octanol–water partition coefficient (Wildman–Crippen LogP) is 3.64. The van der Waals surface area contributed by atoms with Crippen LogP contribution in [0.5, 0.6) is 11.5 Å². The van der Waals surface area contributed by atoms with Gasteiger partial charge in [0.05, 0.1) is 12.8 Å². The second kappa shape index (κ2) is 8.71. The van der Waals surface area contributed by atoms with Crippen LogP contribution < -0.4 is 14.4 Å². The highest BCUT2D eigenvalue weighted by Crippen LogP contribution is 2.33. The second-order valence-corrected chi connectivity index (χ2v) is 7.18. The summed E-state index contributed by atoms with van der Waals surface area (Å²) in [6.07, 6.45) is 0. The van der Waals surface area contributed by atoms with Gasteiger partial charge in [-0.15, -0.1) is 0 Å². The number of benzene rings is 2. The third-order valence-corrected chi connectivity index (χ3v) is 5.07. The molecule has 1 atom stereocenters. The Balaban J connectivity index is 1.68. The minimum atomic E-state index is -0.626. The van der Waals surface area contributed by atoms with Crippen LogP contribution in [0.4, 0.5) is 5.69 Å². The van der Waals surface area contributed by atoms with Gasteiger partial charge in [-0.05, 0) is 49.4 Å². The van der Waals surface area contributed by atoms with Crippen LogP contribution in [0.1, 0.15) is 6.92 Å². The zero-order valence-electron chi connectivity index (χ0n) is 15.5. The van der Waals surface area contributed by atoms with Crippen molar-refractivity contribution in [3.05, 3.63) is 52.5 Å². The van der Waals surface area contributed by atoms with Crippen molar-refractivity contribution in [3.63, 3.8) is 0 Å². The van der Waals surface area contributed by atoms with E-state index in [1.165, 1.54) is 12.0 Å². The molecule has 0 radical (unpaired) electrons. The molecule has 28 heavy (non-hydrogen) atoms. The van der Waals surface area contributed by atoms with Gasteiger partial charge in [-0.25, -0.2) is 0 Å². The van der Waals surface area contributed by atoms with E-state index >= 15 is 0 Å². The van der Waals surface area contributed by atoms with Crippen LogP contribution in [0.15, 0.2) is 42.5 Å². The van der Waals surface area contributed by atoms with E-state index in [0.29, 0.717) is 40.3 Å². The molecular weight excluding hydrogens is 403 g/mol. The summed E-state index contributed by atoms with van der Waals surface area (Å²) in [6.45, 7) is 2.27. The summed E-state index contributed by atoms with van der Waals surface area (Å²) in [7, 11) is 1.54. The van der Waals surface area contributed by atoms with Gasteiger partial charge in [0.15, 0.2) is 6.61 Å². The maximum atomic E-state index is 12.9. The van der Waals surface area contributed by atoms with Crippen molar-refractivity contribution < 1.29 is 19.1 Å². The lowest BCUT2D eigenvalue weighted by molar-refractivity contribution is -0.142. The van der Waals surface area contributed by atoms with E-state index in [4.69, 9.17) is 32.7 Å². The summed E-state index contributed by atoms with van der Waals surface area (Å²) in [4.78, 5) is 28.6. The molecule has 2 aromatic carbocycles. The van der Waals surface area contributed by atoms with Crippen molar-refractivity contribution in [2.24, 2.45) is 0 Å². The molecule has 148 valence electrons. The molecule has 0 N–H and O–H groups in total. The first-order valence-electron chi connectivity index (χ1n) is 8.73. The molecule has 2 aromatic rings. The Hall–Kier alpha value is -2.44. The summed E-state index contributed by atoms with van der Waals surface area (Å²) < 4.78 is 10.9. The highest BCUT2D eigenvalue weighted by molar-refractivity contribution is 6.31. The molecule has 0 bridgehead atoms. The van der Waals surface area contributed by atoms with Crippen molar-refractivity contribution >= 4 is 40.7 Å². The fourth-order valence-electron chi connectivity index (χ4n) is 3.08. The van der Waals surface area contributed by atoms with Gasteiger partial charge in [-0.2, -0.15) is 0 Å². The van der Waals surface area contributed by atoms with Gasteiger partial charge in [0.1, 0.15) is 17.5 Å². The van der Waals surface area contributed by atoms with Gasteiger partial charge in [0, 0.05) is 23.1 Å². The molecular formula is C20H20Cl2N2O4. The summed E-state index contributed by atoms with van der Waals surface area (Å²) in [5.41, 5.74) is 0.594. The third kappa shape index (κ3) is 4.34. The smallest absolute Gasteiger partial charge is 0.261 e. The molecule has 1 unspecified atom stereocenters. The Morgan fingerprint density at radius 3 is 2.46 bits per heavy atom. The maximum Gasteiger partial charge on any atom is 0.261 e. The number of hydrogen-bond donors (Lipinski definition) is 0. The lowest BCUT2D eigenvalue weighted by atomic mass is 10.1. The molecule has 1 fully saturated rings. The number of anilines is 1. The van der Waals surface area contributed by atoms with Crippen LogP contribution in [0.2, 0.25) is 10.0 Å². The quantitative estimate of drug-likeness (QED) is 0.737. The molecule has 0 aromatic heterocycles. The number of ether oxygens (including phenoxy) is 2. The molecule has 0 aliphatic carbocycles. The Morgan fingerprint density at radius 1 is 1.11 bits per heavy atom. The number of piperazine rings is 1. The van der Waals surface area contributed by atoms with E-state index in [9.17, 15) is 9.59 Å². The molecule has 0 saturated carbocycles. The topological polar surface area (TPSA) is 59.1 Å². The number of amides is 2. The van der Waals surface area contributed by atoms with E-state index in [1.54, 1.807) is 54.3 Å². The number of nitrogens with zero attached hydrogens (tertiary/aromatic N) is 2. The predicted molar refractivity (Wildman–Crippen MR) is 108 cm³/mol. The van der Waals surface area contributed by atoms with Crippen LogP contribution >= 0.6 is 23.2 Å². The fraction of sp³-hybridized carbons (Fsp3) is 0.300. The maximum absolute atomic E-state index is 12.9. The fourth-order valence-corrected chi connectivity index (χ4v) is 3.38. The Morgan fingerprint density at radius 2 is 1.79 bits per heavy atom. The van der Waals surface area contributed by atoms with Gasteiger partial charge in [0.25, 0.3) is 5.91 Å². The van der Waals surface area contributed by atoms with Crippen molar-refractivity contribution in [2.45, 2.75) is 13.0 Å². The molecule has 8 heteroatoms. The number of methoxy groups -OCH3 is 1. The SMILES string of the molecule is COc1ccc(Cl)cc1N1CCN(C(=O)COc2ccc(Cl)cc2)C(C)C1=O. The number of carbonyl (C=O) groups excluding carboxylic acids is 2. The lowest BCUT2D eigenvalue weighted by Gasteiger charge is -2.39. The first-order chi connectivity index (χ1) is 13.4. The zero-order valence-corrected chi connectivity index (χ0v) is 17.0. The van der Waals surface area contributed by atoms with E-state index < -0.39 is 6.04 Å². The van der Waals surface area contributed by atoms with Gasteiger partial charge >= 0.3 is 0 Å². The average molecular weight is 423 g/mol. The molecule has 6 nitrogen and oxygen atoms in total. The highest BCUT2D eigenvalue weighted by atomic mass is 35.5. The average Bonchev–Trinajstić information content (AvgIpc) is 2.69. The standard InChI is InChI=1S/C20H20Cl2N2O4/c1-13-20(26)24(17-11-15(22)5-8-18(17)27-2)10-9-23(13)19(25)12-28-16-6-3-14(21)4-7-16/h3-8,11,13H,9-10,12H2,1-2H3. The van der Waals surface area contributed by atoms with Crippen molar-refractivity contribution in [3.8, 4) is 11.5 Å². The van der Waals surface area contributed by atoms with Crippen LogP contribution in [-0.2, 0) is 9.59 Å². The first kappa shape index (κ1) is 20.3. The number of hydrogen-bond acceptors (Lipinski definition) is 4. The Labute approximate surface area is 173 Å².